The van der Waals surface area contributed by atoms with Gasteiger partial charge >= 0.3 is 11.7 Å². The molecule has 178 valence electrons. The third-order valence-electron chi connectivity index (χ3n) is 5.33. The summed E-state index contributed by atoms with van der Waals surface area (Å²) < 4.78 is 9.12. The predicted molar refractivity (Wildman–Crippen MR) is 126 cm³/mol. The molecule has 0 unspecified atom stereocenters. The Morgan fingerprint density at radius 3 is 2.56 bits per heavy atom. The Morgan fingerprint density at radius 1 is 1.15 bits per heavy atom. The first-order valence-electron chi connectivity index (χ1n) is 11.0. The van der Waals surface area contributed by atoms with Crippen LogP contribution in [0.1, 0.15) is 13.8 Å². The highest BCUT2D eigenvalue weighted by molar-refractivity contribution is 5.76. The number of fused-ring (bicyclic) bond motifs is 1. The molecule has 1 aromatic carbocycles. The molecule has 0 spiro atoms. The van der Waals surface area contributed by atoms with Crippen molar-refractivity contribution in [1.82, 2.24) is 24.2 Å². The first-order chi connectivity index (χ1) is 16.5. The highest BCUT2D eigenvalue weighted by Crippen LogP contribution is 2.20. The summed E-state index contributed by atoms with van der Waals surface area (Å²) in [6, 6.07) is 9.07. The number of imidazole rings is 1. The number of rotatable bonds is 7. The van der Waals surface area contributed by atoms with Crippen LogP contribution in [0.5, 0.6) is 5.75 Å². The number of nitrogens with zero attached hydrogens (tertiary/aromatic N) is 5. The topological polar surface area (TPSA) is 113 Å². The quantitative estimate of drug-likeness (QED) is 0.479. The van der Waals surface area contributed by atoms with E-state index in [2.05, 4.69) is 22.1 Å². The third kappa shape index (κ3) is 4.67. The number of ether oxygens (including phenoxy) is 1. The zero-order chi connectivity index (χ0) is 24.1. The summed E-state index contributed by atoms with van der Waals surface area (Å²) >= 11 is 0. The second-order valence-corrected chi connectivity index (χ2v) is 7.61. The molecule has 2 aromatic heterocycles. The predicted octanol–water partition coefficient (Wildman–Crippen LogP) is -0.153. The maximum atomic E-state index is 13.5. The molecule has 1 aliphatic heterocycles. The molecule has 1 N–H and O–H groups in total. The number of carbonyl (C=O) groups is 1. The number of carbonyl (C=O) groups excluding carboxylic acids is 1. The van der Waals surface area contributed by atoms with Gasteiger partial charge in [-0.2, -0.15) is 4.98 Å². The molecule has 11 heteroatoms. The van der Waals surface area contributed by atoms with Gasteiger partial charge in [-0.1, -0.05) is 28.8 Å². The van der Waals surface area contributed by atoms with Gasteiger partial charge in [0.15, 0.2) is 5.52 Å². The zero-order valence-corrected chi connectivity index (χ0v) is 19.1. The van der Waals surface area contributed by atoms with Gasteiger partial charge in [0.05, 0.1) is 13.1 Å². The summed E-state index contributed by atoms with van der Waals surface area (Å²) in [7, 11) is 0. The second-order valence-electron chi connectivity index (χ2n) is 7.61. The minimum atomic E-state index is -0.803. The highest BCUT2D eigenvalue weighted by atomic mass is 16.7. The van der Waals surface area contributed by atoms with Gasteiger partial charge in [0.2, 0.25) is 11.6 Å². The molecule has 0 bridgehead atoms. The number of anilines is 1. The molecule has 1 saturated heterocycles. The van der Waals surface area contributed by atoms with E-state index in [1.807, 2.05) is 23.1 Å². The summed E-state index contributed by atoms with van der Waals surface area (Å²) in [6.07, 6.45) is 0. The summed E-state index contributed by atoms with van der Waals surface area (Å²) in [6.45, 7) is 5.94. The largest absolute Gasteiger partial charge is 0.492 e. The van der Waals surface area contributed by atoms with Crippen molar-refractivity contribution in [2.75, 3.05) is 37.7 Å². The van der Waals surface area contributed by atoms with Crippen LogP contribution >= 0.6 is 0 Å². The molecule has 1 aliphatic rings. The Morgan fingerprint density at radius 2 is 1.88 bits per heavy atom. The number of hydrogen-bond acceptors (Lipinski definition) is 8. The zero-order valence-electron chi connectivity index (χ0n) is 19.1. The number of hydrogen-bond donors (Lipinski definition) is 1. The molecule has 11 nitrogen and oxygen atoms in total. The van der Waals surface area contributed by atoms with Crippen LogP contribution in [-0.2, 0) is 17.9 Å². The minimum absolute atomic E-state index is 0.0168. The Bertz CT molecular complexity index is 1360. The van der Waals surface area contributed by atoms with Crippen LogP contribution < -0.4 is 31.0 Å². The molecular formula is C23H26N6O5. The van der Waals surface area contributed by atoms with E-state index in [4.69, 9.17) is 9.57 Å². The van der Waals surface area contributed by atoms with E-state index in [0.29, 0.717) is 24.8 Å². The van der Waals surface area contributed by atoms with E-state index >= 15 is 0 Å². The van der Waals surface area contributed by atoms with Gasteiger partial charge in [0.25, 0.3) is 5.56 Å². The average molecular weight is 466 g/mol. The number of nitrogens with one attached hydrogen (secondary N) is 1. The molecule has 1 fully saturated rings. The van der Waals surface area contributed by atoms with Gasteiger partial charge in [-0.05, 0) is 19.1 Å². The molecule has 4 rings (SSSR count). The van der Waals surface area contributed by atoms with Gasteiger partial charge in [0, 0.05) is 33.1 Å². The summed E-state index contributed by atoms with van der Waals surface area (Å²) in [5.74, 6) is 6.20. The fourth-order valence-corrected chi connectivity index (χ4v) is 3.79. The van der Waals surface area contributed by atoms with Crippen LogP contribution in [0.25, 0.3) is 11.2 Å². The Balaban J connectivity index is 1.84. The first kappa shape index (κ1) is 23.1. The lowest BCUT2D eigenvalue weighted by Gasteiger charge is -2.28. The number of para-hydroxylation sites is 1. The van der Waals surface area contributed by atoms with Gasteiger partial charge in [-0.25, -0.2) is 9.59 Å². The minimum Gasteiger partial charge on any atom is -0.492 e. The fraction of sp³-hybridized carbons (Fsp3) is 0.391. The monoisotopic (exact) mass is 466 g/mol. The van der Waals surface area contributed by atoms with E-state index in [9.17, 15) is 14.4 Å². The Labute approximate surface area is 195 Å². The van der Waals surface area contributed by atoms with Crippen molar-refractivity contribution in [2.24, 2.45) is 0 Å². The van der Waals surface area contributed by atoms with E-state index in [1.54, 1.807) is 23.6 Å². The maximum Gasteiger partial charge on any atom is 0.366 e. The summed E-state index contributed by atoms with van der Waals surface area (Å²) in [5.41, 5.74) is -1.23. The molecular weight excluding hydrogens is 440 g/mol. The highest BCUT2D eigenvalue weighted by Gasteiger charge is 2.26. The van der Waals surface area contributed by atoms with Crippen LogP contribution in [0.4, 0.5) is 5.95 Å². The molecule has 0 radical (unpaired) electrons. The van der Waals surface area contributed by atoms with Crippen LogP contribution in [0, 0.1) is 11.8 Å². The van der Waals surface area contributed by atoms with Crippen molar-refractivity contribution in [1.29, 1.82) is 0 Å². The smallest absolute Gasteiger partial charge is 0.366 e. The molecule has 3 heterocycles. The number of aromatic nitrogens is 4. The van der Waals surface area contributed by atoms with Crippen molar-refractivity contribution in [3.05, 3.63) is 51.2 Å². The average Bonchev–Trinajstić information content (AvgIpc) is 3.23. The van der Waals surface area contributed by atoms with Gasteiger partial charge in [-0.15, -0.1) is 5.92 Å². The van der Waals surface area contributed by atoms with Crippen molar-refractivity contribution in [3.63, 3.8) is 0 Å². The molecule has 34 heavy (non-hydrogen) atoms. The van der Waals surface area contributed by atoms with Crippen LogP contribution in [-0.4, -0.2) is 57.6 Å². The van der Waals surface area contributed by atoms with Crippen LogP contribution in [0.15, 0.2) is 39.9 Å². The summed E-state index contributed by atoms with van der Waals surface area (Å²) in [5, 5.41) is 3.27. The maximum absolute atomic E-state index is 13.5. The lowest BCUT2D eigenvalue weighted by atomic mass is 10.3. The number of piperazine rings is 1. The second kappa shape index (κ2) is 10.3. The van der Waals surface area contributed by atoms with Gasteiger partial charge < -0.3 is 19.8 Å². The van der Waals surface area contributed by atoms with Crippen molar-refractivity contribution in [3.8, 4) is 17.6 Å². The van der Waals surface area contributed by atoms with Crippen molar-refractivity contribution < 1.29 is 14.4 Å². The molecule has 0 saturated carbocycles. The van der Waals surface area contributed by atoms with E-state index < -0.39 is 17.2 Å². The lowest BCUT2D eigenvalue weighted by molar-refractivity contribution is -0.141. The molecule has 0 amide bonds. The Kier molecular flexibility index (Phi) is 6.98. The molecule has 3 aromatic rings. The van der Waals surface area contributed by atoms with Gasteiger partial charge in [0.1, 0.15) is 12.4 Å². The van der Waals surface area contributed by atoms with E-state index in [-0.39, 0.29) is 30.9 Å². The molecule has 0 atom stereocenters. The lowest BCUT2D eigenvalue weighted by Crippen LogP contribution is -2.45. The fourth-order valence-electron chi connectivity index (χ4n) is 3.79. The Hall–Kier alpha value is -4.04. The van der Waals surface area contributed by atoms with E-state index in [1.165, 1.54) is 6.92 Å². The molecule has 0 aliphatic carbocycles. The number of benzene rings is 1. The summed E-state index contributed by atoms with van der Waals surface area (Å²) in [4.78, 5) is 50.3. The third-order valence-corrected chi connectivity index (χ3v) is 5.33. The standard InChI is InChI=1S/C23H26N6O5/c1-3-4-12-27-19-20(25-22(27)26-13-10-24-11-14-26)29(34-17(2)30)23(32)28(21(19)31)15-16-33-18-8-6-5-7-9-18/h5-9,24H,10-16H2,1-2H3. The van der Waals surface area contributed by atoms with E-state index in [0.717, 1.165) is 22.4 Å². The normalized spacial score (nSPS) is 13.4. The SMILES string of the molecule is CC#CCn1c(N2CCNCC2)nc2c1c(=O)n(CCOc1ccccc1)c(=O)n2OC(C)=O. The van der Waals surface area contributed by atoms with Crippen LogP contribution in [0.2, 0.25) is 0 Å². The van der Waals surface area contributed by atoms with Crippen LogP contribution in [0.3, 0.4) is 0 Å². The van der Waals surface area contributed by atoms with Crippen molar-refractivity contribution in [2.45, 2.75) is 26.9 Å². The van der Waals surface area contributed by atoms with Gasteiger partial charge in [-0.3, -0.25) is 13.9 Å². The first-order valence-corrected chi connectivity index (χ1v) is 11.0. The van der Waals surface area contributed by atoms with Crippen molar-refractivity contribution >= 4 is 23.1 Å².